The monoisotopic (exact) mass is 228 g/mol. The number of hydrogen-bond donors (Lipinski definition) is 3. The first-order chi connectivity index (χ1) is 6.52. The van der Waals surface area contributed by atoms with Crippen molar-refractivity contribution >= 4 is 37.4 Å². The minimum Gasteiger partial charge on any atom is -0.366 e. The standard InChI is InChI=1S/C8H8N2O2S2/c9-7(11)5-1-3-6(4-2-5)8(12)10(13)14/h1-4,13-14H,(H2,9,11). The minimum absolute atomic E-state index is 0.353. The summed E-state index contributed by atoms with van der Waals surface area (Å²) < 4.78 is 0.860. The highest BCUT2D eigenvalue weighted by atomic mass is 32.2. The van der Waals surface area contributed by atoms with E-state index >= 15 is 0 Å². The molecule has 0 spiro atoms. The first-order valence-corrected chi connectivity index (χ1v) is 4.44. The molecule has 0 aliphatic heterocycles. The van der Waals surface area contributed by atoms with Crippen molar-refractivity contribution in [2.24, 2.45) is 5.73 Å². The lowest BCUT2D eigenvalue weighted by molar-refractivity contribution is 0.0934. The van der Waals surface area contributed by atoms with E-state index in [-0.39, 0.29) is 5.91 Å². The summed E-state index contributed by atoms with van der Waals surface area (Å²) in [5.41, 5.74) is 5.78. The van der Waals surface area contributed by atoms with Crippen LogP contribution in [0.15, 0.2) is 24.3 Å². The number of nitrogens with zero attached hydrogens (tertiary/aromatic N) is 1. The van der Waals surface area contributed by atoms with Crippen LogP contribution in [0.1, 0.15) is 20.7 Å². The third kappa shape index (κ3) is 2.43. The predicted octanol–water partition coefficient (Wildman–Crippen LogP) is 0.917. The maximum Gasteiger partial charge on any atom is 0.273 e. The average Bonchev–Trinajstić information content (AvgIpc) is 2.16. The Hall–Kier alpha value is -1.14. The molecule has 0 saturated heterocycles. The van der Waals surface area contributed by atoms with Crippen molar-refractivity contribution in [3.63, 3.8) is 0 Å². The molecule has 0 aromatic heterocycles. The summed E-state index contributed by atoms with van der Waals surface area (Å²) in [5, 5.41) is 0. The highest BCUT2D eigenvalue weighted by molar-refractivity contribution is 7.94. The predicted molar refractivity (Wildman–Crippen MR) is 59.1 cm³/mol. The highest BCUT2D eigenvalue weighted by Gasteiger charge is 2.09. The molecule has 0 aliphatic carbocycles. The molecule has 1 aromatic rings. The normalized spacial score (nSPS) is 9.57. The van der Waals surface area contributed by atoms with Crippen LogP contribution in [0, 0.1) is 0 Å². The summed E-state index contributed by atoms with van der Waals surface area (Å²) >= 11 is 7.45. The van der Waals surface area contributed by atoms with Crippen LogP contribution < -0.4 is 5.73 Å². The second-order valence-corrected chi connectivity index (χ2v) is 3.65. The van der Waals surface area contributed by atoms with Gasteiger partial charge in [0.2, 0.25) is 5.91 Å². The number of thiol groups is 2. The van der Waals surface area contributed by atoms with E-state index in [1.54, 1.807) is 0 Å². The SMILES string of the molecule is NC(=O)c1ccc(C(=O)N(S)S)cc1. The lowest BCUT2D eigenvalue weighted by Crippen LogP contribution is -2.13. The zero-order chi connectivity index (χ0) is 10.7. The Kier molecular flexibility index (Phi) is 3.43. The summed E-state index contributed by atoms with van der Waals surface area (Å²) in [4.78, 5) is 22.0. The van der Waals surface area contributed by atoms with Crippen LogP contribution in [-0.4, -0.2) is 15.5 Å². The van der Waals surface area contributed by atoms with Crippen molar-refractivity contribution in [2.45, 2.75) is 0 Å². The third-order valence-corrected chi connectivity index (χ3v) is 1.96. The van der Waals surface area contributed by atoms with Crippen LogP contribution in [0.5, 0.6) is 0 Å². The molecule has 0 unspecified atom stereocenters. The van der Waals surface area contributed by atoms with Gasteiger partial charge in [0, 0.05) is 11.1 Å². The molecule has 0 heterocycles. The van der Waals surface area contributed by atoms with E-state index in [1.807, 2.05) is 0 Å². The molecule has 0 aliphatic rings. The van der Waals surface area contributed by atoms with Crippen LogP contribution in [0.25, 0.3) is 0 Å². The first kappa shape index (κ1) is 10.9. The van der Waals surface area contributed by atoms with Gasteiger partial charge in [-0.2, -0.15) is 0 Å². The number of amides is 2. The van der Waals surface area contributed by atoms with Gasteiger partial charge in [-0.1, -0.05) is 25.6 Å². The molecule has 4 nitrogen and oxygen atoms in total. The van der Waals surface area contributed by atoms with Gasteiger partial charge in [0.05, 0.1) is 0 Å². The Bertz CT molecular complexity index is 362. The van der Waals surface area contributed by atoms with E-state index < -0.39 is 5.91 Å². The quantitative estimate of drug-likeness (QED) is 0.659. The zero-order valence-electron chi connectivity index (χ0n) is 7.04. The van der Waals surface area contributed by atoms with Gasteiger partial charge in [-0.3, -0.25) is 9.59 Å². The molecular weight excluding hydrogens is 220 g/mol. The van der Waals surface area contributed by atoms with Crippen LogP contribution in [-0.2, 0) is 0 Å². The van der Waals surface area contributed by atoms with Gasteiger partial charge in [0.1, 0.15) is 0 Å². The lowest BCUT2D eigenvalue weighted by atomic mass is 10.1. The number of nitrogens with two attached hydrogens (primary N) is 1. The van der Waals surface area contributed by atoms with E-state index in [2.05, 4.69) is 25.6 Å². The Morgan fingerprint density at radius 1 is 1.07 bits per heavy atom. The van der Waals surface area contributed by atoms with Gasteiger partial charge in [-0.25, -0.2) is 3.71 Å². The number of rotatable bonds is 2. The van der Waals surface area contributed by atoms with Gasteiger partial charge < -0.3 is 5.73 Å². The summed E-state index contributed by atoms with van der Waals surface area (Å²) in [5.74, 6) is -0.898. The maximum atomic E-state index is 11.3. The Morgan fingerprint density at radius 3 is 1.86 bits per heavy atom. The molecule has 0 atom stereocenters. The van der Waals surface area contributed by atoms with Gasteiger partial charge in [0.25, 0.3) is 5.91 Å². The van der Waals surface area contributed by atoms with Gasteiger partial charge in [-0.05, 0) is 24.3 Å². The molecule has 0 saturated carbocycles. The first-order valence-electron chi connectivity index (χ1n) is 3.64. The van der Waals surface area contributed by atoms with Gasteiger partial charge in [0.15, 0.2) is 0 Å². The molecule has 0 bridgehead atoms. The molecule has 2 N–H and O–H groups in total. The molecule has 6 heteroatoms. The minimum atomic E-state index is -0.530. The van der Waals surface area contributed by atoms with Gasteiger partial charge in [-0.15, -0.1) is 0 Å². The Morgan fingerprint density at radius 2 is 1.50 bits per heavy atom. The molecule has 0 radical (unpaired) electrons. The number of carbonyl (C=O) groups is 2. The van der Waals surface area contributed by atoms with Crippen LogP contribution in [0.3, 0.4) is 0 Å². The van der Waals surface area contributed by atoms with Crippen molar-refractivity contribution in [3.8, 4) is 0 Å². The van der Waals surface area contributed by atoms with Crippen molar-refractivity contribution < 1.29 is 9.59 Å². The Balaban J connectivity index is 2.94. The topological polar surface area (TPSA) is 63.4 Å². The second-order valence-electron chi connectivity index (χ2n) is 2.54. The van der Waals surface area contributed by atoms with Crippen LogP contribution in [0.2, 0.25) is 0 Å². The van der Waals surface area contributed by atoms with E-state index in [0.29, 0.717) is 11.1 Å². The second kappa shape index (κ2) is 4.39. The summed E-state index contributed by atoms with van der Waals surface area (Å²) in [6.45, 7) is 0. The third-order valence-electron chi connectivity index (χ3n) is 1.60. The Labute approximate surface area is 92.2 Å². The van der Waals surface area contributed by atoms with Gasteiger partial charge >= 0.3 is 0 Å². The van der Waals surface area contributed by atoms with E-state index in [0.717, 1.165) is 3.71 Å². The van der Waals surface area contributed by atoms with Crippen molar-refractivity contribution in [3.05, 3.63) is 35.4 Å². The number of primary amides is 1. The lowest BCUT2D eigenvalue weighted by Gasteiger charge is -2.06. The van der Waals surface area contributed by atoms with Crippen molar-refractivity contribution in [1.29, 1.82) is 0 Å². The largest absolute Gasteiger partial charge is 0.366 e. The number of hydrogen-bond acceptors (Lipinski definition) is 4. The molecule has 1 rings (SSSR count). The van der Waals surface area contributed by atoms with Crippen molar-refractivity contribution in [1.82, 2.24) is 3.71 Å². The van der Waals surface area contributed by atoms with Crippen molar-refractivity contribution in [2.75, 3.05) is 0 Å². The molecule has 1 aromatic carbocycles. The zero-order valence-corrected chi connectivity index (χ0v) is 8.83. The summed E-state index contributed by atoms with van der Waals surface area (Å²) in [6.07, 6.45) is 0. The fourth-order valence-electron chi connectivity index (χ4n) is 0.893. The number of benzene rings is 1. The number of carbonyl (C=O) groups excluding carboxylic acids is 2. The molecule has 2 amide bonds. The highest BCUT2D eigenvalue weighted by Crippen LogP contribution is 2.10. The summed E-state index contributed by atoms with van der Waals surface area (Å²) in [6, 6.07) is 5.92. The smallest absolute Gasteiger partial charge is 0.273 e. The average molecular weight is 228 g/mol. The van der Waals surface area contributed by atoms with Crippen LogP contribution in [0.4, 0.5) is 0 Å². The van der Waals surface area contributed by atoms with E-state index in [1.165, 1.54) is 24.3 Å². The van der Waals surface area contributed by atoms with Crippen LogP contribution >= 0.6 is 25.6 Å². The fourth-order valence-corrected chi connectivity index (χ4v) is 1.12. The maximum absolute atomic E-state index is 11.3. The molecule has 14 heavy (non-hydrogen) atoms. The fraction of sp³-hybridized carbons (Fsp3) is 0. The molecular formula is C8H8N2O2S2. The summed E-state index contributed by atoms with van der Waals surface area (Å²) in [7, 11) is 0. The molecule has 0 fully saturated rings. The van der Waals surface area contributed by atoms with E-state index in [9.17, 15) is 9.59 Å². The molecule has 74 valence electrons. The van der Waals surface area contributed by atoms with E-state index in [4.69, 9.17) is 5.73 Å².